The summed E-state index contributed by atoms with van der Waals surface area (Å²) in [5.41, 5.74) is 0. The normalized spacial score (nSPS) is 6.44. The Hall–Kier alpha value is 0.496. The van der Waals surface area contributed by atoms with E-state index in [9.17, 15) is 0 Å². The zero-order chi connectivity index (χ0) is 6.95. The van der Waals surface area contributed by atoms with Crippen LogP contribution >= 0.6 is 18.1 Å². The van der Waals surface area contributed by atoms with E-state index in [-0.39, 0.29) is 0 Å². The van der Waals surface area contributed by atoms with Crippen molar-refractivity contribution in [2.24, 2.45) is 0 Å². The van der Waals surface area contributed by atoms with Crippen molar-refractivity contribution in [3.63, 3.8) is 0 Å². The number of nitrogens with zero attached hydrogens (tertiary/aromatic N) is 1. The number of rotatable bonds is 0. The quantitative estimate of drug-likeness (QED) is 0.546. The van der Waals surface area contributed by atoms with Gasteiger partial charge in [-0.25, -0.2) is 0 Å². The summed E-state index contributed by atoms with van der Waals surface area (Å²) in [5.74, 6) is 0. The van der Waals surface area contributed by atoms with Gasteiger partial charge in [0, 0.05) is 6.20 Å². The van der Waals surface area contributed by atoms with Crippen LogP contribution in [0.5, 0.6) is 0 Å². The lowest BCUT2D eigenvalue weighted by atomic mass is 10.5. The molecule has 0 N–H and O–H groups in total. The van der Waals surface area contributed by atoms with Crippen molar-refractivity contribution in [2.45, 2.75) is 0 Å². The molecule has 0 unspecified atom stereocenters. The van der Waals surface area contributed by atoms with Gasteiger partial charge in [-0.1, -0.05) is 6.07 Å². The summed E-state index contributed by atoms with van der Waals surface area (Å²) in [4.78, 5) is 3.66. The van der Waals surface area contributed by atoms with Crippen LogP contribution in [0.4, 0.5) is 0 Å². The van der Waals surface area contributed by atoms with E-state index in [4.69, 9.17) is 18.1 Å². The van der Waals surface area contributed by atoms with Crippen molar-refractivity contribution in [1.29, 1.82) is 0 Å². The van der Waals surface area contributed by atoms with Gasteiger partial charge < -0.3 is 18.1 Å². The van der Waals surface area contributed by atoms with Crippen LogP contribution in [0.25, 0.3) is 0 Å². The SMILES string of the molecule is [Cl][Mg][Cl].[c]1ccccn1. The average Bonchev–Trinajstić information content (AvgIpc) is 1.93. The first-order chi connectivity index (χ1) is 4.41. The molecule has 1 heterocycles. The van der Waals surface area contributed by atoms with Gasteiger partial charge in [0.15, 0.2) is 0 Å². The second kappa shape index (κ2) is 8.50. The molecule has 0 aliphatic rings. The lowest BCUT2D eigenvalue weighted by Gasteiger charge is -1.68. The smallest absolute Gasteiger partial charge is 0.309 e. The van der Waals surface area contributed by atoms with Gasteiger partial charge in [-0.15, -0.1) is 0 Å². The second-order valence-corrected chi connectivity index (χ2v) is 3.69. The Labute approximate surface area is 71.7 Å². The fraction of sp³-hybridized carbons (Fsp3) is 0. The summed E-state index contributed by atoms with van der Waals surface area (Å²) >= 11 is -0.639. The van der Waals surface area contributed by atoms with Crippen LogP contribution in [-0.4, -0.2) is 23.1 Å². The third kappa shape index (κ3) is 8.50. The molecule has 9 heavy (non-hydrogen) atoms. The molecule has 1 aromatic heterocycles. The highest BCUT2D eigenvalue weighted by Gasteiger charge is 1.64. The van der Waals surface area contributed by atoms with Gasteiger partial charge in [0.25, 0.3) is 0 Å². The van der Waals surface area contributed by atoms with Gasteiger partial charge in [0.05, 0.1) is 6.20 Å². The highest BCUT2D eigenvalue weighted by atomic mass is 35.6. The van der Waals surface area contributed by atoms with Crippen molar-refractivity contribution in [3.8, 4) is 0 Å². The second-order valence-electron chi connectivity index (χ2n) is 1.06. The summed E-state index contributed by atoms with van der Waals surface area (Å²) in [5, 5.41) is 0. The molecule has 0 bridgehead atoms. The van der Waals surface area contributed by atoms with Crippen LogP contribution in [0.15, 0.2) is 24.4 Å². The van der Waals surface area contributed by atoms with Crippen LogP contribution in [0.3, 0.4) is 0 Å². The summed E-state index contributed by atoms with van der Waals surface area (Å²) in [6.07, 6.45) is 4.34. The molecule has 0 aliphatic carbocycles. The van der Waals surface area contributed by atoms with Crippen molar-refractivity contribution < 1.29 is 0 Å². The maximum atomic E-state index is 4.90. The predicted molar refractivity (Wildman–Crippen MR) is 40.5 cm³/mol. The van der Waals surface area contributed by atoms with Crippen LogP contribution in [0.1, 0.15) is 0 Å². The number of hydrogen-bond donors (Lipinski definition) is 0. The highest BCUT2D eigenvalue weighted by molar-refractivity contribution is 7.22. The Bertz CT molecular complexity index is 97.8. The van der Waals surface area contributed by atoms with Crippen molar-refractivity contribution in [3.05, 3.63) is 30.6 Å². The minimum Gasteiger partial charge on any atom is -0.309 e. The Morgan fingerprint density at radius 2 is 2.00 bits per heavy atom. The fourth-order valence-corrected chi connectivity index (χ4v) is 0.277. The summed E-state index contributed by atoms with van der Waals surface area (Å²) < 4.78 is 0. The molecule has 45 valence electrons. The van der Waals surface area contributed by atoms with Gasteiger partial charge >= 0.3 is 18.2 Å². The van der Waals surface area contributed by atoms with E-state index in [2.05, 4.69) is 11.2 Å². The first-order valence-electron chi connectivity index (χ1n) is 2.31. The third-order valence-electron chi connectivity index (χ3n) is 0.517. The van der Waals surface area contributed by atoms with Gasteiger partial charge in [0.1, 0.15) is 0 Å². The van der Waals surface area contributed by atoms with E-state index >= 15 is 0 Å². The first-order valence-corrected chi connectivity index (χ1v) is 6.58. The molecule has 0 aromatic carbocycles. The number of pyridine rings is 1. The molecule has 1 rings (SSSR count). The minimum absolute atomic E-state index is 0.639. The minimum atomic E-state index is -0.639. The lowest BCUT2D eigenvalue weighted by molar-refractivity contribution is 1.31. The van der Waals surface area contributed by atoms with Gasteiger partial charge in [-0.2, -0.15) is 0 Å². The van der Waals surface area contributed by atoms with Gasteiger partial charge in [-0.3, -0.25) is 4.98 Å². The number of aromatic nitrogens is 1. The largest absolute Gasteiger partial charge is 0.618 e. The molecule has 0 spiro atoms. The van der Waals surface area contributed by atoms with Crippen molar-refractivity contribution in [1.82, 2.24) is 4.98 Å². The lowest BCUT2D eigenvalue weighted by Crippen LogP contribution is -1.60. The molecule has 1 nitrogen and oxygen atoms in total. The van der Waals surface area contributed by atoms with E-state index in [1.54, 1.807) is 12.3 Å². The van der Waals surface area contributed by atoms with Crippen molar-refractivity contribution in [2.75, 3.05) is 0 Å². The monoisotopic (exact) mass is 172 g/mol. The molecule has 0 aliphatic heterocycles. The van der Waals surface area contributed by atoms with E-state index in [1.807, 2.05) is 12.1 Å². The first kappa shape index (κ1) is 9.50. The fourth-order valence-electron chi connectivity index (χ4n) is 0.277. The van der Waals surface area contributed by atoms with Gasteiger partial charge in [0.2, 0.25) is 0 Å². The van der Waals surface area contributed by atoms with E-state index < -0.39 is 18.2 Å². The molecule has 0 atom stereocenters. The van der Waals surface area contributed by atoms with Crippen LogP contribution in [-0.2, 0) is 0 Å². The van der Waals surface area contributed by atoms with Crippen molar-refractivity contribution >= 4 is 36.3 Å². The Balaban J connectivity index is 0.000000187. The highest BCUT2D eigenvalue weighted by Crippen LogP contribution is 1.72. The predicted octanol–water partition coefficient (Wildman–Crippen LogP) is 1.88. The van der Waals surface area contributed by atoms with Crippen LogP contribution in [0, 0.1) is 6.20 Å². The maximum absolute atomic E-state index is 4.90. The average molecular weight is 173 g/mol. The Morgan fingerprint density at radius 3 is 2.11 bits per heavy atom. The molecular formula is C5H4Cl2MgN. The van der Waals surface area contributed by atoms with E-state index in [0.717, 1.165) is 0 Å². The molecular weight excluding hydrogens is 169 g/mol. The van der Waals surface area contributed by atoms with E-state index in [0.29, 0.717) is 0 Å². The zero-order valence-electron chi connectivity index (χ0n) is 4.72. The molecule has 0 fully saturated rings. The molecule has 1 aromatic rings. The summed E-state index contributed by atoms with van der Waals surface area (Å²) in [6, 6.07) is 5.50. The zero-order valence-corrected chi connectivity index (χ0v) is 7.65. The molecule has 0 saturated heterocycles. The van der Waals surface area contributed by atoms with Crippen LogP contribution in [0.2, 0.25) is 0 Å². The molecule has 4 heteroatoms. The summed E-state index contributed by atoms with van der Waals surface area (Å²) in [6.45, 7) is 0. The standard InChI is InChI=1S/C5H4N.2ClH.Mg/c1-2-4-6-5-3-1;;;/h1-4H;2*1H;/q;;;+2/p-2. The Kier molecular flexibility index (Phi) is 8.96. The topological polar surface area (TPSA) is 12.9 Å². The molecule has 0 amide bonds. The Morgan fingerprint density at radius 1 is 1.33 bits per heavy atom. The number of hydrogen-bond acceptors (Lipinski definition) is 1. The van der Waals surface area contributed by atoms with E-state index in [1.165, 1.54) is 0 Å². The van der Waals surface area contributed by atoms with Gasteiger partial charge in [-0.05, 0) is 12.1 Å². The molecule has 1 radical (unpaired) electrons. The van der Waals surface area contributed by atoms with Crippen LogP contribution < -0.4 is 0 Å². The third-order valence-corrected chi connectivity index (χ3v) is 0.517. The maximum Gasteiger partial charge on any atom is 0.618 e. The summed E-state index contributed by atoms with van der Waals surface area (Å²) in [7, 11) is 9.81. The molecule has 0 saturated carbocycles. The number of halogens is 2.